The van der Waals surface area contributed by atoms with Gasteiger partial charge in [-0.05, 0) is 24.1 Å². The van der Waals surface area contributed by atoms with Gasteiger partial charge in [-0.3, -0.25) is 0 Å². The quantitative estimate of drug-likeness (QED) is 0.415. The molecule has 3 saturated heterocycles. The SMILES string of the molecule is O=C(OC1C[N+]2(CCCc3ccccc3)CCC1CC2)C1(O)c2ccccc2Oc2ccccc21. The molecule has 4 heterocycles. The molecule has 4 aliphatic heterocycles. The summed E-state index contributed by atoms with van der Waals surface area (Å²) < 4.78 is 13.2. The predicted octanol–water partition coefficient (Wildman–Crippen LogP) is 4.81. The van der Waals surface area contributed by atoms with Gasteiger partial charge >= 0.3 is 5.97 Å². The number of aliphatic hydroxyl groups is 1. The molecule has 1 atom stereocenters. The van der Waals surface area contributed by atoms with E-state index in [0.29, 0.717) is 28.5 Å². The highest BCUT2D eigenvalue weighted by molar-refractivity contribution is 5.88. The highest BCUT2D eigenvalue weighted by Crippen LogP contribution is 2.48. The van der Waals surface area contributed by atoms with E-state index in [1.54, 1.807) is 24.3 Å². The number of esters is 1. The second-order valence-electron chi connectivity index (χ2n) is 10.4. The van der Waals surface area contributed by atoms with Crippen LogP contribution in [0.2, 0.25) is 0 Å². The Labute approximate surface area is 206 Å². The number of ether oxygens (including phenoxy) is 2. The lowest BCUT2D eigenvalue weighted by Crippen LogP contribution is -2.65. The molecule has 0 spiro atoms. The van der Waals surface area contributed by atoms with E-state index in [2.05, 4.69) is 30.3 Å². The number of aryl methyl sites for hydroxylation is 1. The number of benzene rings is 3. The van der Waals surface area contributed by atoms with Crippen LogP contribution in [-0.4, -0.2) is 47.8 Å². The lowest BCUT2D eigenvalue weighted by molar-refractivity contribution is -0.946. The molecule has 3 aromatic carbocycles. The smallest absolute Gasteiger partial charge is 0.348 e. The third-order valence-electron chi connectivity index (χ3n) is 8.31. The summed E-state index contributed by atoms with van der Waals surface area (Å²) in [6, 6.07) is 25.0. The van der Waals surface area contributed by atoms with Crippen molar-refractivity contribution in [1.29, 1.82) is 0 Å². The molecule has 35 heavy (non-hydrogen) atoms. The van der Waals surface area contributed by atoms with Gasteiger partial charge in [0.25, 0.3) is 0 Å². The summed E-state index contributed by atoms with van der Waals surface area (Å²) in [5.41, 5.74) is 0.378. The second-order valence-corrected chi connectivity index (χ2v) is 10.4. The Kier molecular flexibility index (Phi) is 5.62. The summed E-state index contributed by atoms with van der Waals surface area (Å²) in [6.45, 7) is 4.23. The van der Waals surface area contributed by atoms with Gasteiger partial charge < -0.3 is 19.1 Å². The van der Waals surface area contributed by atoms with Crippen molar-refractivity contribution in [2.45, 2.75) is 37.4 Å². The first kappa shape index (κ1) is 22.3. The first-order valence-corrected chi connectivity index (χ1v) is 12.8. The third kappa shape index (κ3) is 3.93. The molecule has 2 bridgehead atoms. The van der Waals surface area contributed by atoms with Crippen LogP contribution < -0.4 is 4.74 Å². The number of rotatable bonds is 6. The van der Waals surface area contributed by atoms with Gasteiger partial charge in [-0.15, -0.1) is 0 Å². The van der Waals surface area contributed by atoms with Gasteiger partial charge in [-0.2, -0.15) is 0 Å². The monoisotopic (exact) mass is 470 g/mol. The van der Waals surface area contributed by atoms with E-state index in [-0.39, 0.29) is 6.10 Å². The second kappa shape index (κ2) is 8.81. The van der Waals surface area contributed by atoms with Crippen molar-refractivity contribution in [1.82, 2.24) is 0 Å². The highest BCUT2D eigenvalue weighted by Gasteiger charge is 2.52. The van der Waals surface area contributed by atoms with Crippen LogP contribution in [-0.2, 0) is 21.6 Å². The molecule has 4 aliphatic rings. The number of para-hydroxylation sites is 2. The van der Waals surface area contributed by atoms with Gasteiger partial charge in [-0.1, -0.05) is 66.7 Å². The fourth-order valence-electron chi connectivity index (χ4n) is 6.35. The molecule has 1 N–H and O–H groups in total. The minimum atomic E-state index is -1.88. The van der Waals surface area contributed by atoms with Crippen molar-refractivity contribution in [2.75, 3.05) is 26.2 Å². The molecular weight excluding hydrogens is 438 g/mol. The number of carbonyl (C=O) groups excluding carboxylic acids is 1. The Bertz CT molecular complexity index is 1170. The molecule has 7 rings (SSSR count). The number of carbonyl (C=O) groups is 1. The molecule has 0 aliphatic carbocycles. The summed E-state index contributed by atoms with van der Waals surface area (Å²) in [5.74, 6) is 0.747. The molecular formula is C30H32NO4+. The first-order valence-electron chi connectivity index (χ1n) is 12.8. The molecule has 180 valence electrons. The molecule has 1 unspecified atom stereocenters. The largest absolute Gasteiger partial charge is 0.457 e. The number of piperidine rings is 3. The fourth-order valence-corrected chi connectivity index (χ4v) is 6.35. The number of fused-ring (bicyclic) bond motifs is 5. The van der Waals surface area contributed by atoms with Crippen LogP contribution in [0.5, 0.6) is 11.5 Å². The molecule has 0 saturated carbocycles. The average molecular weight is 471 g/mol. The Morgan fingerprint density at radius 2 is 1.51 bits per heavy atom. The van der Waals surface area contributed by atoms with Crippen LogP contribution in [0.25, 0.3) is 0 Å². The number of nitrogens with zero attached hydrogens (tertiary/aromatic N) is 1. The Morgan fingerprint density at radius 1 is 0.914 bits per heavy atom. The molecule has 5 heteroatoms. The standard InChI is InChI=1S/C30H32NO4/c32-29(30(33)24-12-4-6-14-26(24)34-27-15-7-5-13-25(27)30)35-28-21-31(19-16-23(28)17-20-31)18-8-11-22-9-2-1-3-10-22/h1-7,9-10,12-15,23,28,33H,8,11,16-21H2/q+1. The minimum absolute atomic E-state index is 0.173. The van der Waals surface area contributed by atoms with E-state index in [1.807, 2.05) is 24.3 Å². The molecule has 3 fully saturated rings. The zero-order valence-corrected chi connectivity index (χ0v) is 19.9. The summed E-state index contributed by atoms with van der Waals surface area (Å²) in [7, 11) is 0. The van der Waals surface area contributed by atoms with Crippen LogP contribution in [0.1, 0.15) is 36.0 Å². The van der Waals surface area contributed by atoms with E-state index < -0.39 is 11.6 Å². The van der Waals surface area contributed by atoms with E-state index >= 15 is 0 Å². The van der Waals surface area contributed by atoms with E-state index in [1.165, 1.54) is 5.56 Å². The normalized spacial score (nSPS) is 25.7. The summed E-state index contributed by atoms with van der Waals surface area (Å²) in [5, 5.41) is 11.9. The zero-order valence-electron chi connectivity index (χ0n) is 19.9. The molecule has 5 nitrogen and oxygen atoms in total. The van der Waals surface area contributed by atoms with Crippen molar-refractivity contribution in [2.24, 2.45) is 5.92 Å². The number of quaternary nitrogens is 1. The predicted molar refractivity (Wildman–Crippen MR) is 133 cm³/mol. The van der Waals surface area contributed by atoms with Crippen LogP contribution >= 0.6 is 0 Å². The first-order chi connectivity index (χ1) is 17.1. The maximum absolute atomic E-state index is 13.8. The lowest BCUT2D eigenvalue weighted by Gasteiger charge is -2.52. The zero-order chi connectivity index (χ0) is 23.9. The van der Waals surface area contributed by atoms with Crippen LogP contribution in [0, 0.1) is 5.92 Å². The van der Waals surface area contributed by atoms with Crippen LogP contribution in [0.3, 0.4) is 0 Å². The molecule has 3 aromatic rings. The van der Waals surface area contributed by atoms with Crippen molar-refractivity contribution in [3.8, 4) is 11.5 Å². The van der Waals surface area contributed by atoms with Crippen molar-refractivity contribution >= 4 is 5.97 Å². The van der Waals surface area contributed by atoms with E-state index in [9.17, 15) is 9.90 Å². The van der Waals surface area contributed by atoms with Crippen molar-refractivity contribution < 1.29 is 23.9 Å². The summed E-state index contributed by atoms with van der Waals surface area (Å²) in [4.78, 5) is 13.8. The summed E-state index contributed by atoms with van der Waals surface area (Å²) in [6.07, 6.45) is 4.16. The number of hydrogen-bond donors (Lipinski definition) is 1. The average Bonchev–Trinajstić information content (AvgIpc) is 2.90. The van der Waals surface area contributed by atoms with Gasteiger partial charge in [0.2, 0.25) is 5.60 Å². The molecule has 0 aromatic heterocycles. The van der Waals surface area contributed by atoms with E-state index in [4.69, 9.17) is 9.47 Å². The highest BCUT2D eigenvalue weighted by atomic mass is 16.6. The van der Waals surface area contributed by atoms with Crippen molar-refractivity contribution in [3.63, 3.8) is 0 Å². The maximum Gasteiger partial charge on any atom is 0.348 e. The van der Waals surface area contributed by atoms with Crippen LogP contribution in [0.4, 0.5) is 0 Å². The van der Waals surface area contributed by atoms with Crippen molar-refractivity contribution in [3.05, 3.63) is 95.6 Å². The van der Waals surface area contributed by atoms with Crippen LogP contribution in [0.15, 0.2) is 78.9 Å². The van der Waals surface area contributed by atoms with Gasteiger partial charge in [0.1, 0.15) is 18.0 Å². The van der Waals surface area contributed by atoms with Gasteiger partial charge in [0.15, 0.2) is 6.10 Å². The number of hydrogen-bond acceptors (Lipinski definition) is 4. The molecule has 0 amide bonds. The Morgan fingerprint density at radius 3 is 2.17 bits per heavy atom. The fraction of sp³-hybridized carbons (Fsp3) is 0.367. The van der Waals surface area contributed by atoms with Gasteiger partial charge in [0, 0.05) is 36.3 Å². The Hall–Kier alpha value is -3.15. The van der Waals surface area contributed by atoms with Gasteiger partial charge in [0.05, 0.1) is 19.6 Å². The van der Waals surface area contributed by atoms with E-state index in [0.717, 1.165) is 56.3 Å². The molecule has 0 radical (unpaired) electrons. The summed E-state index contributed by atoms with van der Waals surface area (Å²) >= 11 is 0. The third-order valence-corrected chi connectivity index (χ3v) is 8.31. The Balaban J connectivity index is 1.21. The topological polar surface area (TPSA) is 55.8 Å². The lowest BCUT2D eigenvalue weighted by atomic mass is 9.81. The minimum Gasteiger partial charge on any atom is -0.457 e. The maximum atomic E-state index is 13.8. The van der Waals surface area contributed by atoms with Gasteiger partial charge in [-0.25, -0.2) is 4.79 Å².